The van der Waals surface area contributed by atoms with Crippen LogP contribution in [0.3, 0.4) is 0 Å². The van der Waals surface area contributed by atoms with Gasteiger partial charge in [-0.1, -0.05) is 13.8 Å². The summed E-state index contributed by atoms with van der Waals surface area (Å²) < 4.78 is 5.64. The fraction of sp³-hybridized carbons (Fsp3) is 0.429. The Kier molecular flexibility index (Phi) is 3.77. The predicted molar refractivity (Wildman–Crippen MR) is 70.6 cm³/mol. The molecule has 0 fully saturated rings. The molecule has 0 unspecified atom stereocenters. The summed E-state index contributed by atoms with van der Waals surface area (Å²) in [7, 11) is 0. The van der Waals surface area contributed by atoms with E-state index in [1.165, 1.54) is 0 Å². The number of rotatable bonds is 5. The summed E-state index contributed by atoms with van der Waals surface area (Å²) >= 11 is 0. The Bertz CT molecular complexity index is 524. The van der Waals surface area contributed by atoms with Crippen molar-refractivity contribution in [3.05, 3.63) is 30.6 Å². The number of hydrogen-bond acceptors (Lipinski definition) is 4. The Balaban J connectivity index is 2.12. The van der Waals surface area contributed by atoms with Crippen LogP contribution < -0.4 is 4.74 Å². The Morgan fingerprint density at radius 1 is 1.11 bits per heavy atom. The van der Waals surface area contributed by atoms with Gasteiger partial charge < -0.3 is 9.84 Å². The molecule has 4 nitrogen and oxygen atoms in total. The van der Waals surface area contributed by atoms with E-state index in [2.05, 4.69) is 9.97 Å². The number of aromatic nitrogens is 2. The summed E-state index contributed by atoms with van der Waals surface area (Å²) in [5, 5.41) is 10.2. The molecule has 0 atom stereocenters. The van der Waals surface area contributed by atoms with Gasteiger partial charge in [-0.15, -0.1) is 0 Å². The van der Waals surface area contributed by atoms with Gasteiger partial charge in [0.25, 0.3) is 0 Å². The first-order chi connectivity index (χ1) is 8.67. The van der Waals surface area contributed by atoms with Gasteiger partial charge >= 0.3 is 0 Å². The summed E-state index contributed by atoms with van der Waals surface area (Å²) in [6.45, 7) is 4.21. The standard InChI is InChI=1S/C14H18N2O2/c1-3-14(17,4-2)10-18-11-5-6-12-13(9-11)16-8-7-15-12/h5-9,17H,3-4,10H2,1-2H3. The lowest BCUT2D eigenvalue weighted by atomic mass is 9.99. The monoisotopic (exact) mass is 246 g/mol. The van der Waals surface area contributed by atoms with E-state index in [0.717, 1.165) is 11.0 Å². The largest absolute Gasteiger partial charge is 0.491 e. The van der Waals surface area contributed by atoms with Gasteiger partial charge in [0.15, 0.2) is 0 Å². The lowest BCUT2D eigenvalue weighted by Gasteiger charge is -2.25. The van der Waals surface area contributed by atoms with Crippen LogP contribution in [-0.4, -0.2) is 27.3 Å². The lowest BCUT2D eigenvalue weighted by Crippen LogP contribution is -2.34. The van der Waals surface area contributed by atoms with Crippen molar-refractivity contribution in [1.29, 1.82) is 0 Å². The first-order valence-electron chi connectivity index (χ1n) is 6.23. The maximum Gasteiger partial charge on any atom is 0.121 e. The van der Waals surface area contributed by atoms with Crippen molar-refractivity contribution in [3.63, 3.8) is 0 Å². The van der Waals surface area contributed by atoms with Gasteiger partial charge in [-0.3, -0.25) is 9.97 Å². The van der Waals surface area contributed by atoms with E-state index in [9.17, 15) is 5.11 Å². The quantitative estimate of drug-likeness (QED) is 0.881. The molecule has 0 saturated heterocycles. The van der Waals surface area contributed by atoms with Crippen molar-refractivity contribution < 1.29 is 9.84 Å². The minimum atomic E-state index is -0.753. The van der Waals surface area contributed by atoms with Crippen LogP contribution in [0.15, 0.2) is 30.6 Å². The Labute approximate surface area is 107 Å². The van der Waals surface area contributed by atoms with Gasteiger partial charge in [0.1, 0.15) is 12.4 Å². The highest BCUT2D eigenvalue weighted by atomic mass is 16.5. The Hall–Kier alpha value is -1.68. The van der Waals surface area contributed by atoms with Crippen molar-refractivity contribution in [2.45, 2.75) is 32.3 Å². The normalized spacial score (nSPS) is 11.7. The highest BCUT2D eigenvalue weighted by Crippen LogP contribution is 2.20. The maximum atomic E-state index is 10.2. The smallest absolute Gasteiger partial charge is 0.121 e. The third kappa shape index (κ3) is 2.76. The van der Waals surface area contributed by atoms with E-state index in [4.69, 9.17) is 4.74 Å². The first kappa shape index (κ1) is 12.8. The van der Waals surface area contributed by atoms with Crippen LogP contribution in [0.2, 0.25) is 0 Å². The van der Waals surface area contributed by atoms with Crippen LogP contribution in [0, 0.1) is 0 Å². The molecule has 2 rings (SSSR count). The van der Waals surface area contributed by atoms with E-state index in [-0.39, 0.29) is 0 Å². The van der Waals surface area contributed by atoms with Crippen LogP contribution in [-0.2, 0) is 0 Å². The Morgan fingerprint density at radius 3 is 2.44 bits per heavy atom. The molecule has 0 spiro atoms. The van der Waals surface area contributed by atoms with Crippen molar-refractivity contribution in [2.75, 3.05) is 6.61 Å². The van der Waals surface area contributed by atoms with Crippen LogP contribution >= 0.6 is 0 Å². The molecule has 0 aliphatic carbocycles. The number of ether oxygens (including phenoxy) is 1. The van der Waals surface area contributed by atoms with Crippen LogP contribution in [0.5, 0.6) is 5.75 Å². The van der Waals surface area contributed by atoms with Gasteiger partial charge in [-0.25, -0.2) is 0 Å². The first-order valence-corrected chi connectivity index (χ1v) is 6.23. The minimum Gasteiger partial charge on any atom is -0.491 e. The molecular weight excluding hydrogens is 228 g/mol. The highest BCUT2D eigenvalue weighted by Gasteiger charge is 2.23. The number of aliphatic hydroxyl groups is 1. The number of hydrogen-bond donors (Lipinski definition) is 1. The number of nitrogens with zero attached hydrogens (tertiary/aromatic N) is 2. The van der Waals surface area contributed by atoms with Gasteiger partial charge in [0.05, 0.1) is 16.6 Å². The molecule has 1 N–H and O–H groups in total. The van der Waals surface area contributed by atoms with E-state index in [1.54, 1.807) is 12.4 Å². The molecule has 2 aromatic rings. The van der Waals surface area contributed by atoms with Crippen LogP contribution in [0.25, 0.3) is 11.0 Å². The number of benzene rings is 1. The van der Waals surface area contributed by atoms with E-state index in [0.29, 0.717) is 25.2 Å². The maximum absolute atomic E-state index is 10.2. The Morgan fingerprint density at radius 2 is 1.78 bits per heavy atom. The fourth-order valence-electron chi connectivity index (χ4n) is 1.70. The molecule has 0 aliphatic heterocycles. The zero-order valence-electron chi connectivity index (χ0n) is 10.8. The van der Waals surface area contributed by atoms with Gasteiger partial charge in [-0.05, 0) is 25.0 Å². The second kappa shape index (κ2) is 5.31. The van der Waals surface area contributed by atoms with Crippen molar-refractivity contribution in [3.8, 4) is 5.75 Å². The predicted octanol–water partition coefficient (Wildman–Crippen LogP) is 2.56. The van der Waals surface area contributed by atoms with Gasteiger partial charge in [-0.2, -0.15) is 0 Å². The van der Waals surface area contributed by atoms with E-state index >= 15 is 0 Å². The molecule has 0 saturated carbocycles. The highest BCUT2D eigenvalue weighted by molar-refractivity contribution is 5.75. The van der Waals surface area contributed by atoms with E-state index in [1.807, 2.05) is 32.0 Å². The summed E-state index contributed by atoms with van der Waals surface area (Å²) in [6, 6.07) is 5.56. The molecule has 4 heteroatoms. The molecule has 0 bridgehead atoms. The molecule has 0 radical (unpaired) electrons. The SMILES string of the molecule is CCC(O)(CC)COc1ccc2nccnc2c1. The van der Waals surface area contributed by atoms with Crippen LogP contribution in [0.4, 0.5) is 0 Å². The average molecular weight is 246 g/mol. The molecular formula is C14H18N2O2. The third-order valence-corrected chi connectivity index (χ3v) is 3.26. The number of fused-ring (bicyclic) bond motifs is 1. The second-order valence-corrected chi connectivity index (χ2v) is 4.43. The summed E-state index contributed by atoms with van der Waals surface area (Å²) in [5.74, 6) is 0.711. The van der Waals surface area contributed by atoms with Crippen molar-refractivity contribution >= 4 is 11.0 Å². The van der Waals surface area contributed by atoms with Gasteiger partial charge in [0, 0.05) is 18.5 Å². The van der Waals surface area contributed by atoms with Crippen molar-refractivity contribution in [2.24, 2.45) is 0 Å². The molecule has 18 heavy (non-hydrogen) atoms. The van der Waals surface area contributed by atoms with Gasteiger partial charge in [0.2, 0.25) is 0 Å². The molecule has 1 aromatic carbocycles. The summed E-state index contributed by atoms with van der Waals surface area (Å²) in [6.07, 6.45) is 4.67. The molecule has 96 valence electrons. The zero-order chi connectivity index (χ0) is 13.0. The fourth-order valence-corrected chi connectivity index (χ4v) is 1.70. The minimum absolute atomic E-state index is 0.297. The lowest BCUT2D eigenvalue weighted by molar-refractivity contribution is -0.0113. The molecule has 0 amide bonds. The second-order valence-electron chi connectivity index (χ2n) is 4.43. The van der Waals surface area contributed by atoms with Crippen LogP contribution in [0.1, 0.15) is 26.7 Å². The topological polar surface area (TPSA) is 55.2 Å². The third-order valence-electron chi connectivity index (χ3n) is 3.26. The zero-order valence-corrected chi connectivity index (χ0v) is 10.8. The summed E-state index contributed by atoms with van der Waals surface area (Å²) in [4.78, 5) is 8.42. The van der Waals surface area contributed by atoms with Crippen molar-refractivity contribution in [1.82, 2.24) is 9.97 Å². The molecule has 1 aromatic heterocycles. The average Bonchev–Trinajstić information content (AvgIpc) is 2.44. The molecule has 0 aliphatic rings. The summed E-state index contributed by atoms with van der Waals surface area (Å²) in [5.41, 5.74) is 0.884. The molecule has 1 heterocycles. The van der Waals surface area contributed by atoms with E-state index < -0.39 is 5.60 Å².